The Morgan fingerprint density at radius 3 is 2.50 bits per heavy atom. The molecular weight excluding hydrogens is 316 g/mol. The molecule has 0 amide bonds. The molecule has 0 spiro atoms. The molecule has 2 rings (SSSR count). The minimum absolute atomic E-state index is 0.101. The van der Waals surface area contributed by atoms with Crippen LogP contribution in [0, 0.1) is 15.5 Å². The fourth-order valence-electron chi connectivity index (χ4n) is 2.36. The van der Waals surface area contributed by atoms with Crippen molar-refractivity contribution in [2.24, 2.45) is 5.41 Å². The summed E-state index contributed by atoms with van der Waals surface area (Å²) in [6.07, 6.45) is 11.1. The number of nitrogens with one attached hydrogen (secondary N) is 1. The van der Waals surface area contributed by atoms with Gasteiger partial charge in [0.1, 0.15) is 11.1 Å². The zero-order valence-electron chi connectivity index (χ0n) is 12.6. The summed E-state index contributed by atoms with van der Waals surface area (Å²) in [5.74, 6) is -2.70. The van der Waals surface area contributed by atoms with Crippen LogP contribution in [0.4, 0.5) is 0 Å². The van der Waals surface area contributed by atoms with E-state index >= 15 is 0 Å². The summed E-state index contributed by atoms with van der Waals surface area (Å²) in [6, 6.07) is 0. The van der Waals surface area contributed by atoms with E-state index in [-0.39, 0.29) is 16.8 Å². The van der Waals surface area contributed by atoms with Crippen molar-refractivity contribution in [3.63, 3.8) is 0 Å². The van der Waals surface area contributed by atoms with Gasteiger partial charge in [0.15, 0.2) is 0 Å². The summed E-state index contributed by atoms with van der Waals surface area (Å²) in [5.41, 5.74) is -2.55. The van der Waals surface area contributed by atoms with Crippen LogP contribution in [0.3, 0.4) is 0 Å². The lowest BCUT2D eigenvalue weighted by Gasteiger charge is -2.26. The normalized spacial score (nSPS) is 24.4. The van der Waals surface area contributed by atoms with Crippen LogP contribution in [0.5, 0.6) is 0 Å². The number of hydrogen-bond donors (Lipinski definition) is 3. The third-order valence-electron chi connectivity index (χ3n) is 3.64. The maximum absolute atomic E-state index is 11.7. The van der Waals surface area contributed by atoms with Gasteiger partial charge in [0.05, 0.1) is 16.1 Å². The van der Waals surface area contributed by atoms with E-state index in [1.54, 1.807) is 18.2 Å². The summed E-state index contributed by atoms with van der Waals surface area (Å²) < 4.78 is 0. The van der Waals surface area contributed by atoms with Crippen molar-refractivity contribution in [1.29, 1.82) is 0 Å². The predicted octanol–water partition coefficient (Wildman–Crippen LogP) is 1.75. The lowest BCUT2D eigenvalue weighted by Crippen LogP contribution is -2.33. The van der Waals surface area contributed by atoms with E-state index in [9.17, 15) is 24.8 Å². The number of allylic oxidation sites excluding steroid dienone is 5. The molecule has 0 aromatic heterocycles. The van der Waals surface area contributed by atoms with E-state index in [2.05, 4.69) is 5.32 Å². The molecule has 1 heterocycles. The van der Waals surface area contributed by atoms with Gasteiger partial charge in [0.25, 0.3) is 5.70 Å². The Balaban J connectivity index is 2.72. The summed E-state index contributed by atoms with van der Waals surface area (Å²) in [6.45, 7) is 1.23. The highest BCUT2D eigenvalue weighted by Gasteiger charge is 2.43. The quantitative estimate of drug-likeness (QED) is 0.529. The molecule has 0 saturated heterocycles. The Kier molecular flexibility index (Phi) is 4.50. The average Bonchev–Trinajstić information content (AvgIpc) is 2.77. The summed E-state index contributed by atoms with van der Waals surface area (Å²) in [7, 11) is 0. The second-order valence-corrected chi connectivity index (χ2v) is 5.23. The van der Waals surface area contributed by atoms with Crippen LogP contribution in [0.1, 0.15) is 6.92 Å². The van der Waals surface area contributed by atoms with Crippen LogP contribution >= 0.6 is 0 Å². The molecule has 0 aromatic carbocycles. The van der Waals surface area contributed by atoms with Crippen LogP contribution in [-0.4, -0.2) is 27.1 Å². The molecule has 3 N–H and O–H groups in total. The number of aliphatic carboxylic acids is 2. The van der Waals surface area contributed by atoms with Crippen molar-refractivity contribution >= 4 is 11.9 Å². The van der Waals surface area contributed by atoms with Crippen molar-refractivity contribution in [3.05, 3.63) is 81.4 Å². The van der Waals surface area contributed by atoms with E-state index < -0.39 is 28.0 Å². The molecule has 8 heteroatoms. The first kappa shape index (κ1) is 16.9. The molecule has 0 aromatic rings. The van der Waals surface area contributed by atoms with Crippen LogP contribution in [0.2, 0.25) is 0 Å². The number of carboxylic acids is 2. The first-order valence-electron chi connectivity index (χ1n) is 6.84. The fourth-order valence-corrected chi connectivity index (χ4v) is 2.36. The van der Waals surface area contributed by atoms with E-state index in [1.165, 1.54) is 19.2 Å². The highest BCUT2D eigenvalue weighted by atomic mass is 16.6. The van der Waals surface area contributed by atoms with Gasteiger partial charge in [-0.05, 0) is 37.3 Å². The monoisotopic (exact) mass is 330 g/mol. The maximum atomic E-state index is 11.7. The highest BCUT2D eigenvalue weighted by molar-refractivity contribution is 5.94. The van der Waals surface area contributed by atoms with Gasteiger partial charge >= 0.3 is 11.9 Å². The maximum Gasteiger partial charge on any atom is 0.335 e. The number of rotatable bonds is 4. The smallest absolute Gasteiger partial charge is 0.335 e. The van der Waals surface area contributed by atoms with Gasteiger partial charge < -0.3 is 15.5 Å². The van der Waals surface area contributed by atoms with Crippen molar-refractivity contribution in [3.8, 4) is 0 Å². The summed E-state index contributed by atoms with van der Waals surface area (Å²) in [5, 5.41) is 32.9. The van der Waals surface area contributed by atoms with Gasteiger partial charge in [0, 0.05) is 6.20 Å². The topological polar surface area (TPSA) is 130 Å². The summed E-state index contributed by atoms with van der Waals surface area (Å²) >= 11 is 0. The standard InChI is InChI=1S/C16H14N2O6/c1-16(15(21)22)9-10(14(19)20)6-7-11(16)13(18(23)24)12-5-3-2-4-8-17-12/h2-9,17H,1H3,(H,19,20)(H,21,22). The fraction of sp³-hybridized carbons (Fsp3) is 0.125. The van der Waals surface area contributed by atoms with E-state index in [0.29, 0.717) is 0 Å². The molecule has 2 aliphatic rings. The summed E-state index contributed by atoms with van der Waals surface area (Å²) in [4.78, 5) is 33.8. The van der Waals surface area contributed by atoms with Crippen LogP contribution in [0.25, 0.3) is 0 Å². The van der Waals surface area contributed by atoms with E-state index in [1.807, 2.05) is 0 Å². The van der Waals surface area contributed by atoms with E-state index in [0.717, 1.165) is 18.2 Å². The molecule has 124 valence electrons. The number of nitrogens with zero attached hydrogens (tertiary/aromatic N) is 1. The molecule has 0 saturated carbocycles. The van der Waals surface area contributed by atoms with Crippen molar-refractivity contribution in [2.45, 2.75) is 6.92 Å². The van der Waals surface area contributed by atoms with Crippen LogP contribution in [-0.2, 0) is 9.59 Å². The molecule has 24 heavy (non-hydrogen) atoms. The molecule has 8 nitrogen and oxygen atoms in total. The second-order valence-electron chi connectivity index (χ2n) is 5.23. The van der Waals surface area contributed by atoms with Crippen molar-refractivity contribution in [1.82, 2.24) is 5.32 Å². The van der Waals surface area contributed by atoms with E-state index in [4.69, 9.17) is 5.11 Å². The molecule has 0 fully saturated rings. The van der Waals surface area contributed by atoms with Gasteiger partial charge in [-0.15, -0.1) is 0 Å². The lowest BCUT2D eigenvalue weighted by molar-refractivity contribution is -0.422. The number of hydrogen-bond acceptors (Lipinski definition) is 5. The first-order valence-corrected chi connectivity index (χ1v) is 6.84. The third kappa shape index (κ3) is 3.02. The minimum Gasteiger partial charge on any atom is -0.480 e. The molecule has 1 atom stereocenters. The molecule has 1 aliphatic carbocycles. The van der Waals surface area contributed by atoms with Gasteiger partial charge in [-0.1, -0.05) is 12.2 Å². The Labute approximate surface area is 136 Å². The third-order valence-corrected chi connectivity index (χ3v) is 3.64. The zero-order valence-corrected chi connectivity index (χ0v) is 12.6. The predicted molar refractivity (Wildman–Crippen MR) is 84.1 cm³/mol. The molecular formula is C16H14N2O6. The average molecular weight is 330 g/mol. The largest absolute Gasteiger partial charge is 0.480 e. The SMILES string of the molecule is CC1(C(=O)O)C=C(C(=O)O)C=CC1=C(C1=CC=CC=CN1)[N+](=O)[O-]. The van der Waals surface area contributed by atoms with Crippen LogP contribution in [0.15, 0.2) is 71.3 Å². The molecule has 1 aliphatic heterocycles. The van der Waals surface area contributed by atoms with Gasteiger partial charge in [0.2, 0.25) is 0 Å². The van der Waals surface area contributed by atoms with Gasteiger partial charge in [-0.25, -0.2) is 4.79 Å². The number of nitro groups is 1. The zero-order chi connectivity index (χ0) is 17.9. The molecule has 0 bridgehead atoms. The van der Waals surface area contributed by atoms with Gasteiger partial charge in [-0.3, -0.25) is 14.9 Å². The Morgan fingerprint density at radius 2 is 1.92 bits per heavy atom. The lowest BCUT2D eigenvalue weighted by atomic mass is 9.75. The Morgan fingerprint density at radius 1 is 1.21 bits per heavy atom. The van der Waals surface area contributed by atoms with Crippen LogP contribution < -0.4 is 5.32 Å². The van der Waals surface area contributed by atoms with Crippen molar-refractivity contribution < 1.29 is 24.7 Å². The highest BCUT2D eigenvalue weighted by Crippen LogP contribution is 2.39. The first-order chi connectivity index (χ1) is 11.3. The number of carbonyl (C=O) groups is 2. The second kappa shape index (κ2) is 6.37. The molecule has 1 unspecified atom stereocenters. The van der Waals surface area contributed by atoms with Crippen molar-refractivity contribution in [2.75, 3.05) is 0 Å². The number of carboxylic acid groups (broad SMARTS) is 2. The van der Waals surface area contributed by atoms with Gasteiger partial charge in [-0.2, -0.15) is 0 Å². The minimum atomic E-state index is -1.85. The Bertz CT molecular complexity index is 797. The molecule has 0 radical (unpaired) electrons. The Hall–Kier alpha value is -3.42.